The topological polar surface area (TPSA) is 64.4 Å². The van der Waals surface area contributed by atoms with E-state index in [-0.39, 0.29) is 50.4 Å². The number of hydrogen-bond donors (Lipinski definition) is 0. The lowest BCUT2D eigenvalue weighted by Crippen LogP contribution is -2.43. The Hall–Kier alpha value is -3.62. The van der Waals surface area contributed by atoms with Gasteiger partial charge in [0.2, 0.25) is 0 Å². The summed E-state index contributed by atoms with van der Waals surface area (Å²) in [7, 11) is 0. The molecule has 0 unspecified atom stereocenters. The van der Waals surface area contributed by atoms with Crippen LogP contribution in [0.4, 0.5) is 18.0 Å². The number of alkyl halides is 3. The first kappa shape index (κ1) is 26.0. The minimum Gasteiger partial charge on any atom is -0.446 e. The number of nitrogens with zero attached hydrogens (tertiary/aromatic N) is 3. The molecule has 0 radical (unpaired) electrons. The Balaban J connectivity index is 1.36. The summed E-state index contributed by atoms with van der Waals surface area (Å²) in [6, 6.07) is 19.2. The van der Waals surface area contributed by atoms with Gasteiger partial charge in [-0.15, -0.1) is 0 Å². The molecule has 38 heavy (non-hydrogen) atoms. The first-order chi connectivity index (χ1) is 18.2. The van der Waals surface area contributed by atoms with Crippen LogP contribution in [0, 0.1) is 12.8 Å². The van der Waals surface area contributed by atoms with Crippen molar-refractivity contribution in [3.63, 3.8) is 0 Å². The summed E-state index contributed by atoms with van der Waals surface area (Å²) in [4.78, 5) is 32.9. The third kappa shape index (κ3) is 5.33. The summed E-state index contributed by atoms with van der Waals surface area (Å²) in [6.45, 7) is 2.20. The van der Waals surface area contributed by atoms with E-state index in [9.17, 15) is 22.8 Å². The molecule has 2 aliphatic rings. The van der Waals surface area contributed by atoms with Crippen molar-refractivity contribution in [2.75, 3.05) is 6.54 Å². The van der Waals surface area contributed by atoms with Crippen LogP contribution in [0.3, 0.4) is 0 Å². The number of carbonyl (C=O) groups is 1. The quantitative estimate of drug-likeness (QED) is 0.432. The van der Waals surface area contributed by atoms with Crippen molar-refractivity contribution in [2.45, 2.75) is 63.9 Å². The third-order valence-corrected chi connectivity index (χ3v) is 7.59. The van der Waals surface area contributed by atoms with Gasteiger partial charge in [0.15, 0.2) is 0 Å². The Labute approximate surface area is 219 Å². The van der Waals surface area contributed by atoms with Crippen molar-refractivity contribution in [1.82, 2.24) is 14.5 Å². The highest BCUT2D eigenvalue weighted by Crippen LogP contribution is 2.38. The zero-order valence-electron chi connectivity index (χ0n) is 21.2. The monoisotopic (exact) mass is 525 g/mol. The molecule has 9 heteroatoms. The van der Waals surface area contributed by atoms with Crippen LogP contribution in [0.1, 0.15) is 59.9 Å². The predicted molar refractivity (Wildman–Crippen MR) is 136 cm³/mol. The number of fused-ring (bicyclic) bond motifs is 1. The van der Waals surface area contributed by atoms with E-state index < -0.39 is 24.3 Å². The summed E-state index contributed by atoms with van der Waals surface area (Å²) in [5.74, 6) is -0.795. The van der Waals surface area contributed by atoms with Gasteiger partial charge in [0, 0.05) is 12.1 Å². The van der Waals surface area contributed by atoms with Gasteiger partial charge in [0.05, 0.1) is 24.2 Å². The van der Waals surface area contributed by atoms with Gasteiger partial charge in [0.25, 0.3) is 5.56 Å². The molecule has 1 saturated carbocycles. The van der Waals surface area contributed by atoms with Crippen LogP contribution >= 0.6 is 0 Å². The number of hydrogen-bond acceptors (Lipinski definition) is 4. The number of aryl methyl sites for hydroxylation is 1. The second-order valence-corrected chi connectivity index (χ2v) is 10.1. The van der Waals surface area contributed by atoms with E-state index in [0.29, 0.717) is 23.5 Å². The van der Waals surface area contributed by atoms with E-state index in [0.717, 1.165) is 11.1 Å². The molecular formula is C29H30F3N3O3. The van der Waals surface area contributed by atoms with Crippen LogP contribution < -0.4 is 5.56 Å². The zero-order valence-corrected chi connectivity index (χ0v) is 21.2. The maximum atomic E-state index is 13.8. The van der Waals surface area contributed by atoms with E-state index in [4.69, 9.17) is 9.72 Å². The molecule has 0 bridgehead atoms. The third-order valence-electron chi connectivity index (χ3n) is 7.59. The molecule has 0 atom stereocenters. The van der Waals surface area contributed by atoms with E-state index in [1.165, 1.54) is 4.90 Å². The number of benzene rings is 2. The maximum absolute atomic E-state index is 13.8. The van der Waals surface area contributed by atoms with E-state index >= 15 is 0 Å². The average molecular weight is 526 g/mol. The highest BCUT2D eigenvalue weighted by molar-refractivity contribution is 5.68. The van der Waals surface area contributed by atoms with Crippen molar-refractivity contribution in [3.8, 4) is 0 Å². The first-order valence-corrected chi connectivity index (χ1v) is 13.0. The number of amides is 1. The summed E-state index contributed by atoms with van der Waals surface area (Å²) in [5, 5.41) is 0. The van der Waals surface area contributed by atoms with Crippen molar-refractivity contribution in [3.05, 3.63) is 99.2 Å². The smallest absolute Gasteiger partial charge is 0.410 e. The van der Waals surface area contributed by atoms with Crippen molar-refractivity contribution in [2.24, 2.45) is 5.92 Å². The highest BCUT2D eigenvalue weighted by Gasteiger charge is 2.42. The van der Waals surface area contributed by atoms with Crippen LogP contribution in [0.5, 0.6) is 0 Å². The number of aromatic nitrogens is 2. The van der Waals surface area contributed by atoms with Gasteiger partial charge in [-0.05, 0) is 50.2 Å². The molecule has 1 fully saturated rings. The molecule has 200 valence electrons. The van der Waals surface area contributed by atoms with Crippen molar-refractivity contribution < 1.29 is 22.7 Å². The summed E-state index contributed by atoms with van der Waals surface area (Å²) < 4.78 is 46.1. The van der Waals surface area contributed by atoms with Gasteiger partial charge in [-0.1, -0.05) is 60.7 Å². The molecule has 0 N–H and O–H groups in total. The highest BCUT2D eigenvalue weighted by atomic mass is 19.4. The van der Waals surface area contributed by atoms with Gasteiger partial charge in [-0.2, -0.15) is 13.2 Å². The molecule has 1 amide bonds. The number of halogens is 3. The fraction of sp³-hybridized carbons (Fsp3) is 0.414. The van der Waals surface area contributed by atoms with E-state index in [2.05, 4.69) is 0 Å². The standard InChI is InChI=1S/C29H30F3N3O3/c1-19-33-25-18-34(28(37)38-23-14-12-22(13-15-23)29(30,31)32)17-16-24(25)27(36)35(19)26(20-8-4-2-5-9-20)21-10-6-3-7-11-21/h2-11,22-23,26H,12-18H2,1H3. The number of rotatable bonds is 4. The number of ether oxygens (including phenoxy) is 1. The Kier molecular flexibility index (Phi) is 7.27. The van der Waals surface area contributed by atoms with Gasteiger partial charge in [0.1, 0.15) is 11.9 Å². The molecule has 0 spiro atoms. The minimum atomic E-state index is -4.21. The Morgan fingerprint density at radius 3 is 2.11 bits per heavy atom. The molecule has 1 aromatic heterocycles. The van der Waals surface area contributed by atoms with Crippen LogP contribution in [-0.2, 0) is 17.7 Å². The lowest BCUT2D eigenvalue weighted by Gasteiger charge is -2.33. The normalized spacial score (nSPS) is 19.8. The lowest BCUT2D eigenvalue weighted by atomic mass is 9.87. The first-order valence-electron chi connectivity index (χ1n) is 13.0. The summed E-state index contributed by atoms with van der Waals surface area (Å²) >= 11 is 0. The lowest BCUT2D eigenvalue weighted by molar-refractivity contribution is -0.186. The summed E-state index contributed by atoms with van der Waals surface area (Å²) in [6.07, 6.45) is -4.64. The second kappa shape index (κ2) is 10.6. The van der Waals surface area contributed by atoms with Crippen LogP contribution in [0.2, 0.25) is 0 Å². The number of carbonyl (C=O) groups excluding carboxylic acids is 1. The molecule has 1 aliphatic heterocycles. The van der Waals surface area contributed by atoms with Crippen LogP contribution in [0.15, 0.2) is 65.5 Å². The molecule has 0 saturated heterocycles. The average Bonchev–Trinajstić information content (AvgIpc) is 2.91. The predicted octanol–water partition coefficient (Wildman–Crippen LogP) is 5.81. The SMILES string of the molecule is Cc1nc2c(c(=O)n1C(c1ccccc1)c1ccccc1)CCN(C(=O)OC1CCC(C(F)(F)F)CC1)C2. The van der Waals surface area contributed by atoms with Crippen molar-refractivity contribution >= 4 is 6.09 Å². The molecule has 5 rings (SSSR count). The molecule has 6 nitrogen and oxygen atoms in total. The maximum Gasteiger partial charge on any atom is 0.410 e. The molecular weight excluding hydrogens is 495 g/mol. The second-order valence-electron chi connectivity index (χ2n) is 10.1. The molecule has 2 heterocycles. The fourth-order valence-corrected chi connectivity index (χ4v) is 5.57. The molecule has 3 aromatic rings. The van der Waals surface area contributed by atoms with Gasteiger partial charge in [-0.3, -0.25) is 9.36 Å². The Morgan fingerprint density at radius 2 is 1.55 bits per heavy atom. The minimum absolute atomic E-state index is 0.0332. The van der Waals surface area contributed by atoms with Gasteiger partial charge >= 0.3 is 12.3 Å². The van der Waals surface area contributed by atoms with Gasteiger partial charge in [-0.25, -0.2) is 9.78 Å². The largest absolute Gasteiger partial charge is 0.446 e. The van der Waals surface area contributed by atoms with Gasteiger partial charge < -0.3 is 9.64 Å². The molecule has 1 aliphatic carbocycles. The zero-order chi connectivity index (χ0) is 26.9. The van der Waals surface area contributed by atoms with Crippen LogP contribution in [0.25, 0.3) is 0 Å². The summed E-state index contributed by atoms with van der Waals surface area (Å²) in [5.41, 5.74) is 2.90. The fourth-order valence-electron chi connectivity index (χ4n) is 5.57. The molecule has 2 aromatic carbocycles. The van der Waals surface area contributed by atoms with Crippen LogP contribution in [-0.4, -0.2) is 39.4 Å². The van der Waals surface area contributed by atoms with E-state index in [1.54, 1.807) is 11.5 Å². The van der Waals surface area contributed by atoms with Crippen molar-refractivity contribution in [1.29, 1.82) is 0 Å². The Bertz CT molecular complexity index is 1290. The Morgan fingerprint density at radius 1 is 0.974 bits per heavy atom. The van der Waals surface area contributed by atoms with E-state index in [1.807, 2.05) is 60.7 Å².